The summed E-state index contributed by atoms with van der Waals surface area (Å²) in [6.07, 6.45) is 0.719. The highest BCUT2D eigenvalue weighted by Gasteiger charge is 2.19. The van der Waals surface area contributed by atoms with Crippen LogP contribution in [0.15, 0.2) is 46.0 Å². The van der Waals surface area contributed by atoms with E-state index >= 15 is 0 Å². The number of hydrogen-bond donors (Lipinski definition) is 2. The molecule has 0 aliphatic rings. The maximum atomic E-state index is 12.9. The highest BCUT2D eigenvalue weighted by Crippen LogP contribution is 2.30. The molecule has 8 nitrogen and oxygen atoms in total. The van der Waals surface area contributed by atoms with Crippen LogP contribution in [0.3, 0.4) is 0 Å². The zero-order valence-corrected chi connectivity index (χ0v) is 17.9. The zero-order chi connectivity index (χ0) is 22.1. The summed E-state index contributed by atoms with van der Waals surface area (Å²) in [6, 6.07) is 10.6. The number of aromatic nitrogens is 4. The summed E-state index contributed by atoms with van der Waals surface area (Å²) in [5, 5.41) is 3.08. The normalized spacial score (nSPS) is 11.2. The molecule has 0 fully saturated rings. The van der Waals surface area contributed by atoms with Crippen molar-refractivity contribution in [3.63, 3.8) is 0 Å². The fraction of sp³-hybridized carbons (Fsp3) is 0.261. The Hall–Kier alpha value is -3.65. The lowest BCUT2D eigenvalue weighted by molar-refractivity contribution is 0.181. The number of hydrogen-bond acceptors (Lipinski definition) is 5. The second-order valence-electron chi connectivity index (χ2n) is 7.29. The number of aryl methyl sites for hydroxylation is 2. The summed E-state index contributed by atoms with van der Waals surface area (Å²) in [7, 11) is 3.19. The number of H-pyrrole nitrogens is 2. The van der Waals surface area contributed by atoms with Gasteiger partial charge in [-0.2, -0.15) is 0 Å². The number of nitrogens with zero attached hydrogens (tertiary/aromatic N) is 2. The van der Waals surface area contributed by atoms with Crippen LogP contribution in [0, 0.1) is 6.92 Å². The zero-order valence-electron chi connectivity index (χ0n) is 17.9. The third kappa shape index (κ3) is 3.66. The van der Waals surface area contributed by atoms with Gasteiger partial charge in [0.15, 0.2) is 5.65 Å². The number of methoxy groups -OCH3 is 2. The third-order valence-electron chi connectivity index (χ3n) is 5.33. The molecular weight excluding hydrogens is 396 g/mol. The molecule has 0 atom stereocenters. The molecule has 0 spiro atoms. The molecule has 160 valence electrons. The van der Waals surface area contributed by atoms with Crippen LogP contribution >= 0.6 is 0 Å². The van der Waals surface area contributed by atoms with Gasteiger partial charge in [-0.15, -0.1) is 0 Å². The van der Waals surface area contributed by atoms with Crippen molar-refractivity contribution < 1.29 is 9.47 Å². The van der Waals surface area contributed by atoms with Gasteiger partial charge in [0.2, 0.25) is 0 Å². The number of nitrogens with one attached hydrogen (secondary N) is 2. The Morgan fingerprint density at radius 3 is 2.45 bits per heavy atom. The van der Waals surface area contributed by atoms with Crippen LogP contribution < -0.4 is 15.9 Å². The molecule has 1 aromatic carbocycles. The summed E-state index contributed by atoms with van der Waals surface area (Å²) in [5.74, 6) is 0.723. The van der Waals surface area contributed by atoms with Crippen LogP contribution in [0.4, 0.5) is 0 Å². The van der Waals surface area contributed by atoms with Crippen molar-refractivity contribution in [2.45, 2.75) is 26.9 Å². The molecule has 0 saturated heterocycles. The first kappa shape index (κ1) is 20.6. The van der Waals surface area contributed by atoms with Crippen LogP contribution in [0.5, 0.6) is 5.75 Å². The molecule has 0 aliphatic carbocycles. The summed E-state index contributed by atoms with van der Waals surface area (Å²) < 4.78 is 11.9. The number of benzene rings is 1. The Labute approximate surface area is 178 Å². The summed E-state index contributed by atoms with van der Waals surface area (Å²) in [6.45, 7) is 4.18. The van der Waals surface area contributed by atoms with Crippen molar-refractivity contribution in [3.05, 3.63) is 74.1 Å². The Bertz CT molecular complexity index is 1360. The van der Waals surface area contributed by atoms with Gasteiger partial charge in [0, 0.05) is 24.4 Å². The first-order valence-electron chi connectivity index (χ1n) is 9.98. The average Bonchev–Trinajstić information content (AvgIpc) is 3.14. The third-order valence-corrected chi connectivity index (χ3v) is 5.33. The van der Waals surface area contributed by atoms with Crippen LogP contribution in [-0.2, 0) is 17.8 Å². The van der Waals surface area contributed by atoms with E-state index in [4.69, 9.17) is 14.5 Å². The van der Waals surface area contributed by atoms with Crippen molar-refractivity contribution in [3.8, 4) is 28.1 Å². The van der Waals surface area contributed by atoms with Gasteiger partial charge in [0.1, 0.15) is 5.75 Å². The largest absolute Gasteiger partial charge is 0.497 e. The smallest absolute Gasteiger partial charge is 0.273 e. The predicted octanol–water partition coefficient (Wildman–Crippen LogP) is 3.07. The van der Waals surface area contributed by atoms with Gasteiger partial charge < -0.3 is 14.5 Å². The fourth-order valence-electron chi connectivity index (χ4n) is 3.76. The van der Waals surface area contributed by atoms with E-state index in [9.17, 15) is 9.59 Å². The topological polar surface area (TPSA) is 101 Å². The Kier molecular flexibility index (Phi) is 5.48. The molecule has 3 aromatic heterocycles. The molecule has 0 unspecified atom stereocenters. The highest BCUT2D eigenvalue weighted by molar-refractivity contribution is 5.81. The van der Waals surface area contributed by atoms with E-state index in [1.807, 2.05) is 38.1 Å². The summed E-state index contributed by atoms with van der Waals surface area (Å²) in [5.41, 5.74) is 4.66. The van der Waals surface area contributed by atoms with Gasteiger partial charge >= 0.3 is 0 Å². The van der Waals surface area contributed by atoms with Crippen LogP contribution in [0.2, 0.25) is 0 Å². The van der Waals surface area contributed by atoms with Gasteiger partial charge in [0.25, 0.3) is 11.1 Å². The van der Waals surface area contributed by atoms with Gasteiger partial charge in [-0.3, -0.25) is 14.7 Å². The van der Waals surface area contributed by atoms with Crippen molar-refractivity contribution in [1.29, 1.82) is 0 Å². The van der Waals surface area contributed by atoms with Crippen molar-refractivity contribution in [2.24, 2.45) is 0 Å². The fourth-order valence-corrected chi connectivity index (χ4v) is 3.76. The van der Waals surface area contributed by atoms with Gasteiger partial charge in [-0.25, -0.2) is 9.50 Å². The van der Waals surface area contributed by atoms with Crippen molar-refractivity contribution in [2.75, 3.05) is 14.2 Å². The second kappa shape index (κ2) is 8.23. The second-order valence-corrected chi connectivity index (χ2v) is 7.29. The Morgan fingerprint density at radius 2 is 1.81 bits per heavy atom. The van der Waals surface area contributed by atoms with E-state index in [1.165, 1.54) is 10.6 Å². The van der Waals surface area contributed by atoms with E-state index in [0.717, 1.165) is 34.6 Å². The van der Waals surface area contributed by atoms with E-state index < -0.39 is 0 Å². The van der Waals surface area contributed by atoms with Gasteiger partial charge in [0.05, 0.1) is 30.7 Å². The van der Waals surface area contributed by atoms with Crippen LogP contribution in [0.25, 0.3) is 28.0 Å². The lowest BCUT2D eigenvalue weighted by Gasteiger charge is -2.07. The molecule has 3 heterocycles. The standard InChI is InChI=1S/C23H24N4O4/c1-5-17-13(2)10-16(23(29)25-17)18-11-20(28)27-22(24-18)21(19(26-27)12-30-3)14-6-8-15(31-4)9-7-14/h6-11,26H,5,12H2,1-4H3,(H,25,29). The number of ether oxygens (including phenoxy) is 2. The monoisotopic (exact) mass is 420 g/mol. The minimum atomic E-state index is -0.311. The van der Waals surface area contributed by atoms with Crippen molar-refractivity contribution in [1.82, 2.24) is 19.6 Å². The number of rotatable bonds is 6. The number of fused-ring (bicyclic) bond motifs is 1. The highest BCUT2D eigenvalue weighted by atomic mass is 16.5. The first-order valence-corrected chi connectivity index (χ1v) is 9.98. The van der Waals surface area contributed by atoms with E-state index in [-0.39, 0.29) is 17.7 Å². The first-order chi connectivity index (χ1) is 15.0. The van der Waals surface area contributed by atoms with Gasteiger partial charge in [-0.1, -0.05) is 19.1 Å². The Balaban J connectivity index is 1.98. The molecule has 0 saturated carbocycles. The van der Waals surface area contributed by atoms with Crippen molar-refractivity contribution >= 4 is 5.65 Å². The lowest BCUT2D eigenvalue weighted by Crippen LogP contribution is -2.18. The SMILES string of the molecule is CCc1[nH]c(=O)c(-c2cc(=O)n3[nH]c(COC)c(-c4ccc(OC)cc4)c3n2)cc1C. The molecule has 0 radical (unpaired) electrons. The van der Waals surface area contributed by atoms with Crippen LogP contribution in [-0.4, -0.2) is 33.8 Å². The van der Waals surface area contributed by atoms with E-state index in [0.29, 0.717) is 22.6 Å². The van der Waals surface area contributed by atoms with E-state index in [2.05, 4.69) is 10.1 Å². The van der Waals surface area contributed by atoms with Gasteiger partial charge in [-0.05, 0) is 42.7 Å². The number of pyridine rings is 1. The molecule has 4 rings (SSSR count). The molecule has 8 heteroatoms. The molecule has 0 amide bonds. The van der Waals surface area contributed by atoms with E-state index in [1.54, 1.807) is 20.3 Å². The number of aromatic amines is 2. The molecular formula is C23H24N4O4. The summed E-state index contributed by atoms with van der Waals surface area (Å²) in [4.78, 5) is 33.2. The molecule has 4 aromatic rings. The minimum absolute atomic E-state index is 0.266. The minimum Gasteiger partial charge on any atom is -0.497 e. The maximum absolute atomic E-state index is 12.9. The molecule has 31 heavy (non-hydrogen) atoms. The predicted molar refractivity (Wildman–Crippen MR) is 119 cm³/mol. The lowest BCUT2D eigenvalue weighted by atomic mass is 10.1. The van der Waals surface area contributed by atoms with Crippen LogP contribution in [0.1, 0.15) is 23.9 Å². The molecule has 0 aliphatic heterocycles. The quantitative estimate of drug-likeness (QED) is 0.499. The molecule has 0 bridgehead atoms. The Morgan fingerprint density at radius 1 is 1.06 bits per heavy atom. The maximum Gasteiger partial charge on any atom is 0.273 e. The summed E-state index contributed by atoms with van der Waals surface area (Å²) >= 11 is 0. The average molecular weight is 420 g/mol. The molecule has 2 N–H and O–H groups in total.